The van der Waals surface area contributed by atoms with Crippen LogP contribution in [0, 0.1) is 10.2 Å². The number of hydrogen-bond acceptors (Lipinski definition) is 8. The first-order valence-electron chi connectivity index (χ1n) is 3.81. The molecule has 16 heavy (non-hydrogen) atoms. The maximum absolute atomic E-state index is 9.13. The number of nitrogen functional groups attached to an aromatic ring is 1. The molecule has 92 valence electrons. The lowest BCUT2D eigenvalue weighted by Crippen LogP contribution is -2.68. The summed E-state index contributed by atoms with van der Waals surface area (Å²) < 4.78 is 35.2. The number of hydrogen-bond donors (Lipinski definition) is 3. The van der Waals surface area contributed by atoms with Crippen molar-refractivity contribution in [1.82, 2.24) is 5.10 Å². The molecule has 0 fully saturated rings. The fourth-order valence-electron chi connectivity index (χ4n) is 0.723. The number of rotatable bonds is 2. The molecule has 0 bridgehead atoms. The largest absolute Gasteiger partial charge is 0.458 e. The molecule has 0 amide bonds. The smallest absolute Gasteiger partial charge is 0.393 e. The number of nitrogens with two attached hydrogens (primary N) is 1. The third-order valence-corrected chi connectivity index (χ3v) is 1.22. The molecule has 9 nitrogen and oxygen atoms in total. The summed E-state index contributed by atoms with van der Waals surface area (Å²) in [5, 5.41) is 21.4. The van der Waals surface area contributed by atoms with E-state index in [9.17, 15) is 0 Å². The summed E-state index contributed by atoms with van der Waals surface area (Å²) in [6.45, 7) is 0.210. The van der Waals surface area contributed by atoms with Crippen molar-refractivity contribution in [1.29, 1.82) is 0 Å². The molecule has 0 aliphatic carbocycles. The number of nitrogens with zero attached hydrogens (tertiary/aromatic N) is 2. The molecule has 0 saturated heterocycles. The molecule has 0 saturated carbocycles. The lowest BCUT2D eigenvalue weighted by Gasteiger charge is -2.17. The highest BCUT2D eigenvalue weighted by molar-refractivity contribution is 5.34. The van der Waals surface area contributed by atoms with Crippen molar-refractivity contribution in [2.75, 3.05) is 12.3 Å². The summed E-state index contributed by atoms with van der Waals surface area (Å²) in [7, 11) is -4.94. The molecular weight excluding hydrogens is 246 g/mol. The second kappa shape index (κ2) is 6.37. The summed E-state index contributed by atoms with van der Waals surface area (Å²) in [5.74, 6) is -0.0425. The van der Waals surface area contributed by atoms with Gasteiger partial charge in [0.2, 0.25) is 6.54 Å². The molecule has 1 aromatic rings. The summed E-state index contributed by atoms with van der Waals surface area (Å²) in [6.07, 6.45) is 1.41. The molecule has 0 unspecified atom stereocenters. The summed E-state index contributed by atoms with van der Waals surface area (Å²) >= 11 is 0. The first-order valence-corrected chi connectivity index (χ1v) is 5.04. The lowest BCUT2D eigenvalue weighted by atomic mass is 10.5. The van der Waals surface area contributed by atoms with Crippen LogP contribution >= 0.6 is 0 Å². The summed E-state index contributed by atoms with van der Waals surface area (Å²) in [4.78, 5) is 0. The van der Waals surface area contributed by atoms with Gasteiger partial charge in [0.25, 0.3) is 0 Å². The minimum Gasteiger partial charge on any atom is -0.458 e. The van der Waals surface area contributed by atoms with Gasteiger partial charge in [-0.15, -0.1) is 10.2 Å². The zero-order valence-electron chi connectivity index (χ0n) is 7.95. The third kappa shape index (κ3) is 8.11. The predicted octanol–water partition coefficient (Wildman–Crippen LogP) is -6.11. The molecule has 1 aromatic heterocycles. The van der Waals surface area contributed by atoms with Crippen LogP contribution in [0.4, 0.5) is 5.69 Å². The molecule has 0 radical (unpaired) electrons. The van der Waals surface area contributed by atoms with E-state index in [0.717, 1.165) is 0 Å². The molecule has 1 heterocycles. The molecule has 0 atom stereocenters. The Morgan fingerprint density at radius 2 is 1.88 bits per heavy atom. The van der Waals surface area contributed by atoms with E-state index >= 15 is 0 Å². The van der Waals surface area contributed by atoms with E-state index in [0.29, 0.717) is 5.69 Å². The standard InChI is InChI=1S/C6H9N3O2.ClHO4/c7-5-3-6(11)9(1-2-10)8-4-5;2-1(3,4)5/h3-4,10H,1-2H2,(H2,7,11);(H,2,3,4,5). The van der Waals surface area contributed by atoms with Crippen molar-refractivity contribution in [2.24, 2.45) is 0 Å². The molecule has 0 spiro atoms. The quantitative estimate of drug-likeness (QED) is 0.437. The van der Waals surface area contributed by atoms with Crippen LogP contribution in [-0.4, -0.2) is 21.9 Å². The number of aliphatic hydroxyl groups excluding tert-OH is 1. The fourth-order valence-corrected chi connectivity index (χ4v) is 0.723. The summed E-state index contributed by atoms with van der Waals surface area (Å²) in [6, 6.07) is 1.38. The van der Waals surface area contributed by atoms with Gasteiger partial charge < -0.3 is 15.9 Å². The first kappa shape index (κ1) is 14.8. The van der Waals surface area contributed by atoms with E-state index in [1.54, 1.807) is 0 Å². The number of anilines is 1. The second-order valence-corrected chi connectivity index (χ2v) is 3.23. The first-order chi connectivity index (χ1) is 7.24. The molecule has 10 heteroatoms. The van der Waals surface area contributed by atoms with E-state index in [1.165, 1.54) is 16.9 Å². The maximum atomic E-state index is 9.13. The number of aliphatic hydroxyl groups is 1. The Labute approximate surface area is 92.4 Å². The van der Waals surface area contributed by atoms with Crippen LogP contribution in [0.1, 0.15) is 0 Å². The van der Waals surface area contributed by atoms with Crippen molar-refractivity contribution < 1.29 is 43.8 Å². The molecule has 0 aliphatic rings. The Bertz CT molecular complexity index is 325. The lowest BCUT2D eigenvalue weighted by molar-refractivity contribution is -2.00. The zero-order valence-corrected chi connectivity index (χ0v) is 8.70. The molecule has 0 aromatic carbocycles. The molecular formula is C6H10ClN3O6. The van der Waals surface area contributed by atoms with Crippen molar-refractivity contribution in [2.45, 2.75) is 6.54 Å². The van der Waals surface area contributed by atoms with Gasteiger partial charge in [-0.3, -0.25) is 0 Å². The molecule has 4 N–H and O–H groups in total. The van der Waals surface area contributed by atoms with Crippen LogP contribution in [0.2, 0.25) is 0 Å². The SMILES string of the molecule is Nc1cn[n+](CCO)c(O)c1.[O-][Cl+3]([O-])([O-])[O-]. The summed E-state index contributed by atoms with van der Waals surface area (Å²) in [5.41, 5.74) is 5.73. The highest BCUT2D eigenvalue weighted by atomic mass is 35.7. The Balaban J connectivity index is 0.000000385. The van der Waals surface area contributed by atoms with E-state index in [1.807, 2.05) is 0 Å². The van der Waals surface area contributed by atoms with E-state index in [4.69, 9.17) is 34.6 Å². The topological polar surface area (TPSA) is 175 Å². The normalized spacial score (nSPS) is 10.6. The number of aromatic hydroxyl groups is 1. The second-order valence-electron chi connectivity index (χ2n) is 2.47. The van der Waals surface area contributed by atoms with Crippen LogP contribution in [0.25, 0.3) is 0 Å². The zero-order chi connectivity index (χ0) is 12.8. The maximum Gasteiger partial charge on any atom is 0.393 e. The average Bonchev–Trinajstić information content (AvgIpc) is 2.07. The minimum absolute atomic E-state index is 0.0425. The molecule has 0 aliphatic heterocycles. The monoisotopic (exact) mass is 255 g/mol. The predicted molar refractivity (Wildman–Crippen MR) is 37.6 cm³/mol. The van der Waals surface area contributed by atoms with E-state index in [-0.39, 0.29) is 19.0 Å². The van der Waals surface area contributed by atoms with Gasteiger partial charge in [-0.05, 0) is 9.78 Å². The Hall–Kier alpha value is -1.23. The van der Waals surface area contributed by atoms with Gasteiger partial charge in [0.1, 0.15) is 12.8 Å². The minimum atomic E-state index is -4.94. The van der Waals surface area contributed by atoms with Crippen molar-refractivity contribution in [3.63, 3.8) is 0 Å². The third-order valence-electron chi connectivity index (χ3n) is 1.22. The van der Waals surface area contributed by atoms with Crippen LogP contribution in [0.15, 0.2) is 12.3 Å². The van der Waals surface area contributed by atoms with Gasteiger partial charge in [-0.1, -0.05) is 0 Å². The van der Waals surface area contributed by atoms with Gasteiger partial charge >= 0.3 is 5.88 Å². The van der Waals surface area contributed by atoms with Gasteiger partial charge in [0, 0.05) is 0 Å². The van der Waals surface area contributed by atoms with Gasteiger partial charge in [-0.25, -0.2) is 18.6 Å². The fraction of sp³-hybridized carbons (Fsp3) is 0.333. The van der Waals surface area contributed by atoms with Crippen LogP contribution in [-0.2, 0) is 6.54 Å². The van der Waals surface area contributed by atoms with E-state index < -0.39 is 10.2 Å². The highest BCUT2D eigenvalue weighted by Crippen LogP contribution is 2.03. The van der Waals surface area contributed by atoms with Crippen LogP contribution in [0.5, 0.6) is 5.88 Å². The van der Waals surface area contributed by atoms with Crippen LogP contribution in [0.3, 0.4) is 0 Å². The number of aromatic nitrogens is 2. The van der Waals surface area contributed by atoms with Crippen molar-refractivity contribution in [3.05, 3.63) is 12.3 Å². The molecule has 1 rings (SSSR count). The van der Waals surface area contributed by atoms with E-state index in [2.05, 4.69) is 5.10 Å². The van der Waals surface area contributed by atoms with Crippen molar-refractivity contribution in [3.8, 4) is 5.88 Å². The Morgan fingerprint density at radius 1 is 1.38 bits per heavy atom. The van der Waals surface area contributed by atoms with Gasteiger partial charge in [0.15, 0.2) is 0 Å². The van der Waals surface area contributed by atoms with Gasteiger partial charge in [-0.2, -0.15) is 0 Å². The van der Waals surface area contributed by atoms with Crippen LogP contribution < -0.4 is 29.1 Å². The Morgan fingerprint density at radius 3 is 2.25 bits per heavy atom. The van der Waals surface area contributed by atoms with Crippen molar-refractivity contribution >= 4 is 5.69 Å². The average molecular weight is 256 g/mol. The number of halogens is 1. The van der Waals surface area contributed by atoms with Gasteiger partial charge in [0.05, 0.1) is 11.8 Å². The highest BCUT2D eigenvalue weighted by Gasteiger charge is 2.09. The Kier molecular flexibility index (Phi) is 5.88.